The lowest BCUT2D eigenvalue weighted by Gasteiger charge is -2.01. The minimum atomic E-state index is 0.781. The maximum atomic E-state index is 7.00. The summed E-state index contributed by atoms with van der Waals surface area (Å²) in [5.41, 5.74) is 3.90. The Kier molecular flexibility index (Phi) is 2.77. The van der Waals surface area contributed by atoms with Crippen LogP contribution in [0.5, 0.6) is 0 Å². The molecule has 0 saturated carbocycles. The molecule has 0 aliphatic heterocycles. The van der Waals surface area contributed by atoms with Crippen LogP contribution in [0.1, 0.15) is 11.1 Å². The van der Waals surface area contributed by atoms with Gasteiger partial charge in [-0.1, -0.05) is 36.1 Å². The molecule has 0 nitrogen and oxygen atoms in total. The van der Waals surface area contributed by atoms with E-state index in [-0.39, 0.29) is 0 Å². The summed E-state index contributed by atoms with van der Waals surface area (Å²) < 4.78 is 0. The molecule has 0 atom stereocenters. The van der Waals surface area contributed by atoms with Gasteiger partial charge in [0.15, 0.2) is 0 Å². The van der Waals surface area contributed by atoms with Crippen molar-refractivity contribution in [2.24, 2.45) is 0 Å². The van der Waals surface area contributed by atoms with Crippen LogP contribution in [0.3, 0.4) is 0 Å². The molecule has 16 heavy (non-hydrogen) atoms. The Morgan fingerprint density at radius 1 is 0.750 bits per heavy atom. The zero-order valence-electron chi connectivity index (χ0n) is 8.70. The smallest absolute Gasteiger partial charge is 0.0255 e. The minimum Gasteiger partial charge on any atom is -0.115 e. The van der Waals surface area contributed by atoms with Crippen LogP contribution < -0.4 is 0 Å². The first-order valence-electron chi connectivity index (χ1n) is 4.93. The molecule has 2 aromatic rings. The van der Waals surface area contributed by atoms with E-state index in [2.05, 4.69) is 11.8 Å². The normalized spacial score (nSPS) is 9.12. The number of benzene rings is 2. The second-order valence-corrected chi connectivity index (χ2v) is 3.42. The Morgan fingerprint density at radius 2 is 1.19 bits per heavy atom. The summed E-state index contributed by atoms with van der Waals surface area (Å²) in [6.07, 6.45) is 12.3. The number of terminal acetylenes is 1. The average molecular weight is 201 g/mol. The van der Waals surface area contributed by atoms with Crippen molar-refractivity contribution in [3.63, 3.8) is 0 Å². The summed E-state index contributed by atoms with van der Waals surface area (Å²) in [7, 11) is 0. The Hall–Kier alpha value is -2.44. The molecule has 73 valence electrons. The fourth-order valence-electron chi connectivity index (χ4n) is 1.50. The van der Waals surface area contributed by atoms with Gasteiger partial charge in [0.25, 0.3) is 0 Å². The van der Waals surface area contributed by atoms with Gasteiger partial charge in [-0.05, 0) is 41.8 Å². The Labute approximate surface area is 95.9 Å². The van der Waals surface area contributed by atoms with Crippen LogP contribution in [0.2, 0.25) is 0 Å². The van der Waals surface area contributed by atoms with Gasteiger partial charge in [-0.25, -0.2) is 0 Å². The van der Waals surface area contributed by atoms with Crippen molar-refractivity contribution in [3.8, 4) is 29.4 Å². The third-order valence-electron chi connectivity index (χ3n) is 2.41. The van der Waals surface area contributed by atoms with E-state index in [9.17, 15) is 0 Å². The number of rotatable bonds is 1. The van der Waals surface area contributed by atoms with Crippen LogP contribution in [-0.4, -0.2) is 0 Å². The van der Waals surface area contributed by atoms with Gasteiger partial charge in [-0.3, -0.25) is 0 Å². The molecular weight excluding hydrogens is 192 g/mol. The van der Waals surface area contributed by atoms with Gasteiger partial charge in [0.05, 0.1) is 0 Å². The third kappa shape index (κ3) is 1.97. The average Bonchev–Trinajstić information content (AvgIpc) is 2.39. The fraction of sp³-hybridized carbons (Fsp3) is 0. The van der Waals surface area contributed by atoms with E-state index in [1.165, 1.54) is 0 Å². The third-order valence-corrected chi connectivity index (χ3v) is 2.41. The van der Waals surface area contributed by atoms with E-state index in [1.807, 2.05) is 48.5 Å². The maximum absolute atomic E-state index is 7.00. The predicted molar refractivity (Wildman–Crippen MR) is 66.0 cm³/mol. The first-order valence-corrected chi connectivity index (χ1v) is 4.93. The van der Waals surface area contributed by atoms with Gasteiger partial charge in [0.2, 0.25) is 0 Å². The van der Waals surface area contributed by atoms with Crippen molar-refractivity contribution < 1.29 is 0 Å². The highest BCUT2D eigenvalue weighted by molar-refractivity contribution is 5.65. The highest BCUT2D eigenvalue weighted by atomic mass is 14.0. The van der Waals surface area contributed by atoms with Gasteiger partial charge in [-0.15, -0.1) is 6.42 Å². The van der Waals surface area contributed by atoms with Gasteiger partial charge in [0, 0.05) is 11.1 Å². The van der Waals surface area contributed by atoms with Crippen molar-refractivity contribution in [3.05, 3.63) is 66.1 Å². The zero-order valence-corrected chi connectivity index (χ0v) is 8.70. The Bertz CT molecular complexity index is 502. The first-order chi connectivity index (χ1) is 7.83. The highest BCUT2D eigenvalue weighted by Crippen LogP contribution is 2.19. The SMILES string of the molecule is [C]#Cc1ccc(-c2ccc(C#C)cc2)cc1. The van der Waals surface area contributed by atoms with E-state index >= 15 is 0 Å². The van der Waals surface area contributed by atoms with E-state index in [0.29, 0.717) is 0 Å². The lowest BCUT2D eigenvalue weighted by molar-refractivity contribution is 1.58. The van der Waals surface area contributed by atoms with E-state index < -0.39 is 0 Å². The summed E-state index contributed by atoms with van der Waals surface area (Å²) in [4.78, 5) is 0. The van der Waals surface area contributed by atoms with Crippen molar-refractivity contribution >= 4 is 0 Å². The highest BCUT2D eigenvalue weighted by Gasteiger charge is 1.97. The largest absolute Gasteiger partial charge is 0.115 e. The zero-order chi connectivity index (χ0) is 11.4. The van der Waals surface area contributed by atoms with Gasteiger partial charge >= 0.3 is 0 Å². The molecule has 0 spiro atoms. The monoisotopic (exact) mass is 201 g/mol. The predicted octanol–water partition coefficient (Wildman–Crippen LogP) is 3.27. The molecule has 2 rings (SSSR count). The lowest BCUT2D eigenvalue weighted by atomic mass is 10.0. The molecule has 0 aliphatic carbocycles. The topological polar surface area (TPSA) is 0 Å². The summed E-state index contributed by atoms with van der Waals surface area (Å²) >= 11 is 0. The maximum Gasteiger partial charge on any atom is 0.0255 e. The summed E-state index contributed by atoms with van der Waals surface area (Å²) in [5, 5.41) is 0. The quantitative estimate of drug-likeness (QED) is 0.621. The van der Waals surface area contributed by atoms with Crippen LogP contribution in [0.15, 0.2) is 48.5 Å². The molecule has 0 bridgehead atoms. The molecule has 2 aromatic carbocycles. The molecule has 0 aliphatic rings. The van der Waals surface area contributed by atoms with E-state index in [1.54, 1.807) is 0 Å². The van der Waals surface area contributed by atoms with Crippen LogP contribution in [0.4, 0.5) is 0 Å². The van der Waals surface area contributed by atoms with Gasteiger partial charge in [-0.2, -0.15) is 0 Å². The Balaban J connectivity index is 2.36. The van der Waals surface area contributed by atoms with Crippen molar-refractivity contribution in [2.45, 2.75) is 0 Å². The molecule has 0 N–H and O–H groups in total. The number of hydrogen-bond donors (Lipinski definition) is 0. The van der Waals surface area contributed by atoms with Gasteiger partial charge < -0.3 is 0 Å². The van der Waals surface area contributed by atoms with Crippen molar-refractivity contribution in [1.82, 2.24) is 0 Å². The molecule has 0 saturated heterocycles. The standard InChI is InChI=1S/C16H9/c1-3-13-5-9-15(10-6-13)16-11-7-14(4-2)8-12-16/h1,5-12H. The molecule has 0 unspecified atom stereocenters. The fourth-order valence-corrected chi connectivity index (χ4v) is 1.50. The molecular formula is C16H9. The van der Waals surface area contributed by atoms with E-state index in [0.717, 1.165) is 22.3 Å². The summed E-state index contributed by atoms with van der Waals surface area (Å²) in [6.45, 7) is 0. The number of hydrogen-bond acceptors (Lipinski definition) is 0. The van der Waals surface area contributed by atoms with E-state index in [4.69, 9.17) is 12.8 Å². The minimum absolute atomic E-state index is 0.781. The van der Waals surface area contributed by atoms with Crippen LogP contribution in [-0.2, 0) is 0 Å². The second kappa shape index (κ2) is 4.39. The van der Waals surface area contributed by atoms with Crippen molar-refractivity contribution in [2.75, 3.05) is 0 Å². The van der Waals surface area contributed by atoms with Crippen LogP contribution in [0.25, 0.3) is 11.1 Å². The molecule has 0 fully saturated rings. The lowest BCUT2D eigenvalue weighted by Crippen LogP contribution is -1.80. The van der Waals surface area contributed by atoms with Gasteiger partial charge in [0.1, 0.15) is 0 Å². The summed E-state index contributed by atoms with van der Waals surface area (Å²) in [6, 6.07) is 15.5. The second-order valence-electron chi connectivity index (χ2n) is 3.42. The van der Waals surface area contributed by atoms with Crippen LogP contribution in [0, 0.1) is 24.7 Å². The first kappa shape index (κ1) is 10.1. The molecule has 0 heteroatoms. The molecule has 1 radical (unpaired) electrons. The molecule has 0 aromatic heterocycles. The van der Waals surface area contributed by atoms with Crippen molar-refractivity contribution in [1.29, 1.82) is 0 Å². The van der Waals surface area contributed by atoms with Crippen LogP contribution >= 0.6 is 0 Å². The molecule has 0 heterocycles. The molecule has 0 amide bonds. The Morgan fingerprint density at radius 3 is 1.56 bits per heavy atom. The summed E-state index contributed by atoms with van der Waals surface area (Å²) in [5.74, 6) is 4.94.